The van der Waals surface area contributed by atoms with Crippen LogP contribution in [-0.2, 0) is 9.59 Å². The highest BCUT2D eigenvalue weighted by atomic mass is 16.2. The predicted octanol–water partition coefficient (Wildman–Crippen LogP) is 5.67. The lowest BCUT2D eigenvalue weighted by molar-refractivity contribution is -0.117. The number of anilines is 4. The Morgan fingerprint density at radius 1 is 0.528 bits per heavy atom. The number of hydrogen-bond donors (Lipinski definition) is 4. The van der Waals surface area contributed by atoms with Gasteiger partial charge in [0.25, 0.3) is 11.8 Å². The first kappa shape index (κ1) is 26.2. The Hall–Kier alpha value is -4.46. The van der Waals surface area contributed by atoms with Crippen molar-refractivity contribution in [3.63, 3.8) is 0 Å². The smallest absolute Gasteiger partial charge is 0.255 e. The molecular weight excluding hydrogens is 456 g/mol. The largest absolute Gasteiger partial charge is 0.326 e. The second kappa shape index (κ2) is 12.9. The number of rotatable bonds is 10. The van der Waals surface area contributed by atoms with Crippen LogP contribution in [0, 0.1) is 0 Å². The zero-order valence-corrected chi connectivity index (χ0v) is 20.4. The fraction of sp³-hybridized carbons (Fsp3) is 0.214. The number of benzene rings is 3. The van der Waals surface area contributed by atoms with Crippen molar-refractivity contribution in [3.05, 3.63) is 83.9 Å². The summed E-state index contributed by atoms with van der Waals surface area (Å²) in [4.78, 5) is 48.9. The molecule has 0 radical (unpaired) electrons. The predicted molar refractivity (Wildman–Crippen MR) is 142 cm³/mol. The molecule has 3 aromatic rings. The van der Waals surface area contributed by atoms with Gasteiger partial charge in [0.05, 0.1) is 0 Å². The fourth-order valence-electron chi connectivity index (χ4n) is 3.43. The minimum absolute atomic E-state index is 0.0807. The van der Waals surface area contributed by atoms with Gasteiger partial charge < -0.3 is 21.3 Å². The highest BCUT2D eigenvalue weighted by Crippen LogP contribution is 2.19. The van der Waals surface area contributed by atoms with Crippen molar-refractivity contribution in [1.29, 1.82) is 0 Å². The van der Waals surface area contributed by atoms with Gasteiger partial charge in [0.15, 0.2) is 0 Å². The summed E-state index contributed by atoms with van der Waals surface area (Å²) in [5.74, 6) is -0.838. The van der Waals surface area contributed by atoms with E-state index in [1.165, 1.54) is 0 Å². The SMILES string of the molecule is CCCC(=O)Nc1cccc(NC(=O)c2ccc(C(=O)Nc3cccc(NC(=O)CCC)c3)cc2)c1. The standard InChI is InChI=1S/C28H30N4O4/c1-3-7-25(33)29-21-9-5-11-23(17-21)31-27(35)19-13-15-20(16-14-19)28(36)32-24-12-6-10-22(18-24)30-26(34)8-4-2/h5-6,9-18H,3-4,7-8H2,1-2H3,(H,29,33)(H,30,34)(H,31,35)(H,32,36). The first-order chi connectivity index (χ1) is 17.4. The first-order valence-corrected chi connectivity index (χ1v) is 11.9. The van der Waals surface area contributed by atoms with E-state index in [9.17, 15) is 19.2 Å². The number of amides is 4. The molecule has 0 aliphatic heterocycles. The van der Waals surface area contributed by atoms with Crippen LogP contribution in [0.3, 0.4) is 0 Å². The lowest BCUT2D eigenvalue weighted by atomic mass is 10.1. The lowest BCUT2D eigenvalue weighted by Crippen LogP contribution is -2.15. The van der Waals surface area contributed by atoms with Crippen LogP contribution in [0.4, 0.5) is 22.7 Å². The number of carbonyl (C=O) groups is 4. The molecule has 0 aromatic heterocycles. The molecule has 36 heavy (non-hydrogen) atoms. The molecule has 186 valence electrons. The molecule has 3 aromatic carbocycles. The van der Waals surface area contributed by atoms with Gasteiger partial charge in [-0.2, -0.15) is 0 Å². The number of carbonyl (C=O) groups excluding carboxylic acids is 4. The molecule has 0 bridgehead atoms. The molecule has 0 spiro atoms. The Morgan fingerprint density at radius 2 is 0.861 bits per heavy atom. The van der Waals surface area contributed by atoms with Gasteiger partial charge in [-0.05, 0) is 73.5 Å². The second-order valence-corrected chi connectivity index (χ2v) is 8.24. The maximum atomic E-state index is 12.7. The maximum Gasteiger partial charge on any atom is 0.255 e. The van der Waals surface area contributed by atoms with Gasteiger partial charge in [-0.15, -0.1) is 0 Å². The molecule has 4 amide bonds. The van der Waals surface area contributed by atoms with Gasteiger partial charge in [-0.1, -0.05) is 26.0 Å². The third-order valence-electron chi connectivity index (χ3n) is 5.17. The minimum Gasteiger partial charge on any atom is -0.326 e. The minimum atomic E-state index is -0.338. The zero-order chi connectivity index (χ0) is 25.9. The highest BCUT2D eigenvalue weighted by Gasteiger charge is 2.11. The zero-order valence-electron chi connectivity index (χ0n) is 20.4. The van der Waals surface area contributed by atoms with E-state index < -0.39 is 0 Å². The van der Waals surface area contributed by atoms with E-state index in [-0.39, 0.29) is 23.6 Å². The van der Waals surface area contributed by atoms with Crippen LogP contribution in [0.2, 0.25) is 0 Å². The summed E-state index contributed by atoms with van der Waals surface area (Å²) in [5, 5.41) is 11.2. The van der Waals surface area contributed by atoms with E-state index in [2.05, 4.69) is 21.3 Å². The molecule has 0 unspecified atom stereocenters. The van der Waals surface area contributed by atoms with Gasteiger partial charge in [0.1, 0.15) is 0 Å². The third kappa shape index (κ3) is 7.80. The van der Waals surface area contributed by atoms with Gasteiger partial charge in [-0.3, -0.25) is 19.2 Å². The second-order valence-electron chi connectivity index (χ2n) is 8.24. The molecule has 3 rings (SSSR count). The first-order valence-electron chi connectivity index (χ1n) is 11.9. The molecule has 0 atom stereocenters. The van der Waals surface area contributed by atoms with Gasteiger partial charge in [0, 0.05) is 46.7 Å². The topological polar surface area (TPSA) is 116 Å². The number of hydrogen-bond acceptors (Lipinski definition) is 4. The summed E-state index contributed by atoms with van der Waals surface area (Å²) in [5.41, 5.74) is 3.06. The van der Waals surface area contributed by atoms with Crippen LogP contribution >= 0.6 is 0 Å². The summed E-state index contributed by atoms with van der Waals surface area (Å²) in [6.07, 6.45) is 2.36. The van der Waals surface area contributed by atoms with Crippen LogP contribution in [0.15, 0.2) is 72.8 Å². The molecular formula is C28H30N4O4. The molecule has 0 saturated carbocycles. The maximum absolute atomic E-state index is 12.7. The molecule has 4 N–H and O–H groups in total. The monoisotopic (exact) mass is 486 g/mol. The average molecular weight is 487 g/mol. The van der Waals surface area contributed by atoms with Crippen LogP contribution in [0.1, 0.15) is 60.2 Å². The van der Waals surface area contributed by atoms with E-state index in [4.69, 9.17) is 0 Å². The Labute approximate surface area is 210 Å². The van der Waals surface area contributed by atoms with Crippen molar-refractivity contribution in [1.82, 2.24) is 0 Å². The molecule has 8 heteroatoms. The Bertz CT molecular complexity index is 1140. The van der Waals surface area contributed by atoms with Crippen LogP contribution in [0.5, 0.6) is 0 Å². The normalized spacial score (nSPS) is 10.3. The van der Waals surface area contributed by atoms with E-state index >= 15 is 0 Å². The Balaban J connectivity index is 1.60. The highest BCUT2D eigenvalue weighted by molar-refractivity contribution is 6.07. The molecule has 0 fully saturated rings. The van der Waals surface area contributed by atoms with Crippen molar-refractivity contribution < 1.29 is 19.2 Å². The quantitative estimate of drug-likeness (QED) is 0.295. The van der Waals surface area contributed by atoms with Gasteiger partial charge in [-0.25, -0.2) is 0 Å². The van der Waals surface area contributed by atoms with Crippen molar-refractivity contribution in [3.8, 4) is 0 Å². The lowest BCUT2D eigenvalue weighted by Gasteiger charge is -2.10. The summed E-state index contributed by atoms with van der Waals surface area (Å²) in [6, 6.07) is 20.1. The van der Waals surface area contributed by atoms with Gasteiger partial charge in [0.2, 0.25) is 11.8 Å². The van der Waals surface area contributed by atoms with Crippen molar-refractivity contribution in [2.24, 2.45) is 0 Å². The van der Waals surface area contributed by atoms with E-state index in [0.29, 0.717) is 46.7 Å². The summed E-state index contributed by atoms with van der Waals surface area (Å²) < 4.78 is 0. The average Bonchev–Trinajstić information content (AvgIpc) is 2.85. The van der Waals surface area contributed by atoms with E-state index in [1.54, 1.807) is 72.8 Å². The van der Waals surface area contributed by atoms with Crippen LogP contribution in [0.25, 0.3) is 0 Å². The Kier molecular flexibility index (Phi) is 9.33. The molecule has 0 heterocycles. The third-order valence-corrected chi connectivity index (χ3v) is 5.17. The van der Waals surface area contributed by atoms with Crippen LogP contribution < -0.4 is 21.3 Å². The fourth-order valence-corrected chi connectivity index (χ4v) is 3.43. The van der Waals surface area contributed by atoms with Crippen molar-refractivity contribution in [2.75, 3.05) is 21.3 Å². The summed E-state index contributed by atoms with van der Waals surface area (Å²) >= 11 is 0. The molecule has 0 aliphatic carbocycles. The van der Waals surface area contributed by atoms with E-state index in [1.807, 2.05) is 13.8 Å². The van der Waals surface area contributed by atoms with E-state index in [0.717, 1.165) is 12.8 Å². The summed E-state index contributed by atoms with van der Waals surface area (Å²) in [6.45, 7) is 3.86. The number of nitrogens with one attached hydrogen (secondary N) is 4. The molecule has 8 nitrogen and oxygen atoms in total. The Morgan fingerprint density at radius 3 is 1.19 bits per heavy atom. The molecule has 0 aliphatic rings. The van der Waals surface area contributed by atoms with Crippen LogP contribution in [-0.4, -0.2) is 23.6 Å². The summed E-state index contributed by atoms with van der Waals surface area (Å²) in [7, 11) is 0. The van der Waals surface area contributed by atoms with Crippen molar-refractivity contribution >= 4 is 46.4 Å². The van der Waals surface area contributed by atoms with Gasteiger partial charge >= 0.3 is 0 Å². The van der Waals surface area contributed by atoms with Crippen molar-refractivity contribution in [2.45, 2.75) is 39.5 Å². The molecule has 0 saturated heterocycles.